The van der Waals surface area contributed by atoms with E-state index in [9.17, 15) is 24.3 Å². The van der Waals surface area contributed by atoms with E-state index in [1.165, 1.54) is 0 Å². The number of ether oxygens (including phenoxy) is 3. The Balaban J connectivity index is 1.35. The first-order valence-corrected chi connectivity index (χ1v) is 15.3. The van der Waals surface area contributed by atoms with Gasteiger partial charge in [-0.25, -0.2) is 14.6 Å². The number of hydrogen-bond donors (Lipinski definition) is 4. The Kier molecular flexibility index (Phi) is 9.94. The van der Waals surface area contributed by atoms with Gasteiger partial charge in [0.2, 0.25) is 23.9 Å². The first-order valence-electron chi connectivity index (χ1n) is 14.6. The molecule has 4 saturated heterocycles. The second-order valence-corrected chi connectivity index (χ2v) is 13.0. The molecule has 232 valence electrons. The van der Waals surface area contributed by atoms with Crippen molar-refractivity contribution in [2.45, 2.75) is 116 Å². The van der Waals surface area contributed by atoms with Gasteiger partial charge in [-0.2, -0.15) is 12.6 Å². The summed E-state index contributed by atoms with van der Waals surface area (Å²) in [6.45, 7) is 9.77. The SMILES string of the molecule is CC(C)C[C@H](NC(=O)CCC(=O)O[C@@H]1O[C@@H]2OC3(C)CC[C@H]4[C@H](C)CC[C@@H]([C@H]1C)[C@@]24OO3)C(=O)N[C@@H](CS)C(=O)O. The maximum atomic E-state index is 12.9. The second kappa shape index (κ2) is 12.7. The van der Waals surface area contributed by atoms with Gasteiger partial charge in [0.25, 0.3) is 0 Å². The molecule has 0 aromatic heterocycles. The van der Waals surface area contributed by atoms with Gasteiger partial charge in [-0.3, -0.25) is 14.4 Å². The third kappa shape index (κ3) is 6.69. The van der Waals surface area contributed by atoms with Gasteiger partial charge in [-0.05, 0) is 50.4 Å². The van der Waals surface area contributed by atoms with E-state index in [0.29, 0.717) is 18.8 Å². The quantitative estimate of drug-likeness (QED) is 0.158. The molecule has 4 heterocycles. The predicted octanol–water partition coefficient (Wildman–Crippen LogP) is 2.55. The lowest BCUT2D eigenvalue weighted by atomic mass is 9.58. The summed E-state index contributed by atoms with van der Waals surface area (Å²) in [4.78, 5) is 61.4. The first kappa shape index (κ1) is 32.0. The fraction of sp³-hybridized carbons (Fsp3) is 0.857. The Morgan fingerprint density at radius 1 is 1.02 bits per heavy atom. The van der Waals surface area contributed by atoms with Crippen molar-refractivity contribution in [1.29, 1.82) is 0 Å². The topological polar surface area (TPSA) is 159 Å². The molecular formula is C28H44N2O10S. The summed E-state index contributed by atoms with van der Waals surface area (Å²) in [6.07, 6.45) is 1.67. The fourth-order valence-electron chi connectivity index (χ4n) is 6.84. The molecule has 5 aliphatic rings. The van der Waals surface area contributed by atoms with Crippen LogP contribution in [-0.4, -0.2) is 70.7 Å². The number of carbonyl (C=O) groups is 4. The van der Waals surface area contributed by atoms with Crippen LogP contribution in [0.15, 0.2) is 0 Å². The Morgan fingerprint density at radius 2 is 1.76 bits per heavy atom. The van der Waals surface area contributed by atoms with Crippen LogP contribution in [-0.2, 0) is 43.2 Å². The Bertz CT molecular complexity index is 1010. The minimum absolute atomic E-state index is 0.00612. The van der Waals surface area contributed by atoms with E-state index in [-0.39, 0.29) is 42.3 Å². The molecule has 2 amide bonds. The lowest BCUT2D eigenvalue weighted by Crippen LogP contribution is -2.70. The number of hydrogen-bond acceptors (Lipinski definition) is 10. The van der Waals surface area contributed by atoms with Gasteiger partial charge in [0.05, 0.1) is 6.42 Å². The predicted molar refractivity (Wildman–Crippen MR) is 147 cm³/mol. The Morgan fingerprint density at radius 3 is 2.41 bits per heavy atom. The standard InChI is InChI=1S/C28H44N2O10S/c1-14(2)12-19(23(33)30-20(13-41)24(34)35)29-21(31)8-9-22(32)36-25-16(4)18-7-6-15(3)17-10-11-27(5)38-26(37-25)28(17,18)40-39-27/h14-20,25-26,41H,6-13H2,1-5H3,(H,29,31)(H,30,33)(H,34,35)/t15-,16-,17+,18+,19+,20+,25-,26-,27?,28-/m1/s1. The molecule has 0 aromatic rings. The summed E-state index contributed by atoms with van der Waals surface area (Å²) in [5, 5.41) is 14.2. The minimum Gasteiger partial charge on any atom is -0.480 e. The van der Waals surface area contributed by atoms with Crippen LogP contribution in [0.4, 0.5) is 0 Å². The number of carbonyl (C=O) groups excluding carboxylic acids is 3. The van der Waals surface area contributed by atoms with Gasteiger partial charge in [0.15, 0.2) is 11.9 Å². The maximum absolute atomic E-state index is 12.9. The van der Waals surface area contributed by atoms with Crippen molar-refractivity contribution < 1.29 is 48.3 Å². The van der Waals surface area contributed by atoms with Crippen molar-refractivity contribution in [2.24, 2.45) is 29.6 Å². The van der Waals surface area contributed by atoms with Crippen LogP contribution in [0.2, 0.25) is 0 Å². The van der Waals surface area contributed by atoms with Crippen molar-refractivity contribution in [3.8, 4) is 0 Å². The van der Waals surface area contributed by atoms with Crippen LogP contribution in [0.5, 0.6) is 0 Å². The van der Waals surface area contributed by atoms with E-state index in [2.05, 4.69) is 30.2 Å². The molecule has 12 nitrogen and oxygen atoms in total. The largest absolute Gasteiger partial charge is 0.480 e. The van der Waals surface area contributed by atoms with E-state index >= 15 is 0 Å². The number of amides is 2. The summed E-state index contributed by atoms with van der Waals surface area (Å²) in [5.41, 5.74) is -0.769. The molecular weight excluding hydrogens is 556 g/mol. The number of rotatable bonds is 11. The molecule has 1 saturated carbocycles. The summed E-state index contributed by atoms with van der Waals surface area (Å²) in [5.74, 6) is -3.57. The lowest BCUT2D eigenvalue weighted by Gasteiger charge is -2.59. The molecule has 5 rings (SSSR count). The first-order chi connectivity index (χ1) is 19.3. The lowest BCUT2D eigenvalue weighted by molar-refractivity contribution is -0.576. The third-order valence-corrected chi connectivity index (χ3v) is 9.42. The number of esters is 1. The summed E-state index contributed by atoms with van der Waals surface area (Å²) >= 11 is 3.96. The molecule has 1 aliphatic carbocycles. The van der Waals surface area contributed by atoms with Crippen molar-refractivity contribution in [2.75, 3.05) is 5.75 Å². The highest BCUT2D eigenvalue weighted by molar-refractivity contribution is 7.80. The van der Waals surface area contributed by atoms with Crippen LogP contribution < -0.4 is 10.6 Å². The molecule has 1 unspecified atom stereocenters. The maximum Gasteiger partial charge on any atom is 0.327 e. The molecule has 3 N–H and O–H groups in total. The van der Waals surface area contributed by atoms with Crippen molar-refractivity contribution in [3.05, 3.63) is 0 Å². The second-order valence-electron chi connectivity index (χ2n) is 12.6. The van der Waals surface area contributed by atoms with Gasteiger partial charge in [-0.15, -0.1) is 0 Å². The number of carboxylic acid groups (broad SMARTS) is 1. The highest BCUT2D eigenvalue weighted by Crippen LogP contribution is 2.60. The van der Waals surface area contributed by atoms with Gasteiger partial charge in [-0.1, -0.05) is 27.7 Å². The number of carboxylic acids is 1. The summed E-state index contributed by atoms with van der Waals surface area (Å²) in [6, 6.07) is -2.13. The van der Waals surface area contributed by atoms with Crippen LogP contribution >= 0.6 is 12.6 Å². The van der Waals surface area contributed by atoms with Crippen molar-refractivity contribution in [3.63, 3.8) is 0 Å². The Hall–Kier alpha value is -1.93. The fourth-order valence-corrected chi connectivity index (χ4v) is 7.09. The van der Waals surface area contributed by atoms with Gasteiger partial charge in [0, 0.05) is 30.4 Å². The van der Waals surface area contributed by atoms with Crippen molar-refractivity contribution in [1.82, 2.24) is 10.6 Å². The normalized spacial score (nSPS) is 37.3. The number of nitrogens with one attached hydrogen (secondary N) is 2. The Labute approximate surface area is 246 Å². The molecule has 41 heavy (non-hydrogen) atoms. The highest BCUT2D eigenvalue weighted by atomic mass is 32.1. The van der Waals surface area contributed by atoms with Crippen LogP contribution in [0.25, 0.3) is 0 Å². The molecule has 1 spiro atoms. The molecule has 13 heteroatoms. The van der Waals surface area contributed by atoms with E-state index in [0.717, 1.165) is 19.3 Å². The summed E-state index contributed by atoms with van der Waals surface area (Å²) in [7, 11) is 0. The average Bonchev–Trinajstić information content (AvgIpc) is 3.13. The van der Waals surface area contributed by atoms with Crippen LogP contribution in [0.3, 0.4) is 0 Å². The molecule has 0 radical (unpaired) electrons. The molecule has 0 aromatic carbocycles. The minimum atomic E-state index is -1.22. The number of fused-ring (bicyclic) bond motifs is 2. The third-order valence-electron chi connectivity index (χ3n) is 9.06. The zero-order valence-corrected chi connectivity index (χ0v) is 25.3. The molecule has 10 atom stereocenters. The van der Waals surface area contributed by atoms with E-state index < -0.39 is 59.8 Å². The van der Waals surface area contributed by atoms with Crippen LogP contribution in [0.1, 0.15) is 79.6 Å². The van der Waals surface area contributed by atoms with E-state index in [4.69, 9.17) is 24.0 Å². The van der Waals surface area contributed by atoms with Gasteiger partial charge < -0.3 is 30.0 Å². The smallest absolute Gasteiger partial charge is 0.327 e. The van der Waals surface area contributed by atoms with Gasteiger partial charge >= 0.3 is 11.9 Å². The van der Waals surface area contributed by atoms with E-state index in [1.54, 1.807) is 0 Å². The van der Waals surface area contributed by atoms with Crippen LogP contribution in [0, 0.1) is 29.6 Å². The molecule has 5 fully saturated rings. The number of aliphatic carboxylic acids is 1. The van der Waals surface area contributed by atoms with Gasteiger partial charge in [0.1, 0.15) is 12.1 Å². The monoisotopic (exact) mass is 600 g/mol. The van der Waals surface area contributed by atoms with Crippen molar-refractivity contribution >= 4 is 36.4 Å². The average molecular weight is 601 g/mol. The molecule has 2 bridgehead atoms. The highest BCUT2D eigenvalue weighted by Gasteiger charge is 2.69. The zero-order chi connectivity index (χ0) is 30.1. The van der Waals surface area contributed by atoms with E-state index in [1.807, 2.05) is 27.7 Å². The molecule has 4 aliphatic heterocycles. The summed E-state index contributed by atoms with van der Waals surface area (Å²) < 4.78 is 18.3. The zero-order valence-electron chi connectivity index (χ0n) is 24.4. The number of thiol groups is 1.